The summed E-state index contributed by atoms with van der Waals surface area (Å²) in [7, 11) is 1.56. The molecule has 1 saturated heterocycles. The van der Waals surface area contributed by atoms with Crippen molar-refractivity contribution in [2.45, 2.75) is 31.8 Å². The van der Waals surface area contributed by atoms with Gasteiger partial charge in [0, 0.05) is 23.9 Å². The first kappa shape index (κ1) is 26.2. The van der Waals surface area contributed by atoms with Gasteiger partial charge in [0.15, 0.2) is 0 Å². The normalized spacial score (nSPS) is 15.7. The molecule has 1 aliphatic heterocycles. The summed E-state index contributed by atoms with van der Waals surface area (Å²) >= 11 is 0. The molecule has 1 fully saturated rings. The van der Waals surface area contributed by atoms with E-state index in [9.17, 15) is 18.0 Å². The number of hydrogen-bond donors (Lipinski definition) is 1. The molecule has 1 N–H and O–H groups in total. The first-order valence-electron chi connectivity index (χ1n) is 12.1. The number of likely N-dealkylation sites (tertiary alicyclic amines) is 1. The molecule has 1 aliphatic rings. The van der Waals surface area contributed by atoms with Crippen molar-refractivity contribution in [3.63, 3.8) is 0 Å². The molecule has 0 aliphatic carbocycles. The fraction of sp³-hybridized carbons (Fsp3) is 0.259. The van der Waals surface area contributed by atoms with Crippen molar-refractivity contribution in [3.8, 4) is 22.9 Å². The van der Waals surface area contributed by atoms with Gasteiger partial charge >= 0.3 is 6.36 Å². The summed E-state index contributed by atoms with van der Waals surface area (Å²) in [6, 6.07) is 15.8. The monoisotopic (exact) mass is 539 g/mol. The molecule has 0 spiro atoms. The molecule has 2 aromatic heterocycles. The minimum Gasteiger partial charge on any atom is -0.497 e. The zero-order valence-corrected chi connectivity index (χ0v) is 20.8. The summed E-state index contributed by atoms with van der Waals surface area (Å²) in [5.74, 6) is 1.29. The number of alkyl halides is 3. The minimum absolute atomic E-state index is 0.117. The number of benzene rings is 2. The molecular weight excluding hydrogens is 515 g/mol. The van der Waals surface area contributed by atoms with E-state index in [1.54, 1.807) is 61.8 Å². The number of halogens is 3. The van der Waals surface area contributed by atoms with Crippen LogP contribution in [-0.2, 0) is 6.54 Å². The Kier molecular flexibility index (Phi) is 7.46. The van der Waals surface area contributed by atoms with Crippen LogP contribution in [-0.4, -0.2) is 45.9 Å². The summed E-state index contributed by atoms with van der Waals surface area (Å²) in [5, 5.41) is 6.84. The molecule has 202 valence electrons. The maximum Gasteiger partial charge on any atom is 0.573 e. The average Bonchev–Trinajstić information content (AvgIpc) is 3.59. The molecule has 0 unspecified atom stereocenters. The molecule has 0 radical (unpaired) electrons. The van der Waals surface area contributed by atoms with Gasteiger partial charge in [0.25, 0.3) is 5.91 Å². The number of carbonyl (C=O) groups excluding carboxylic acids is 1. The summed E-state index contributed by atoms with van der Waals surface area (Å²) in [4.78, 5) is 23.5. The largest absolute Gasteiger partial charge is 0.573 e. The number of hydrogen-bond acceptors (Lipinski definition) is 8. The smallest absolute Gasteiger partial charge is 0.497 e. The van der Waals surface area contributed by atoms with Crippen LogP contribution < -0.4 is 14.8 Å². The lowest BCUT2D eigenvalue weighted by Crippen LogP contribution is -2.23. The molecule has 0 bridgehead atoms. The fourth-order valence-corrected chi connectivity index (χ4v) is 4.34. The second kappa shape index (κ2) is 11.1. The van der Waals surface area contributed by atoms with Crippen molar-refractivity contribution < 1.29 is 32.0 Å². The highest BCUT2D eigenvalue weighted by Crippen LogP contribution is 2.33. The number of anilines is 1. The Morgan fingerprint density at radius 2 is 1.82 bits per heavy atom. The molecule has 5 rings (SSSR count). The van der Waals surface area contributed by atoms with Crippen LogP contribution in [0.2, 0.25) is 0 Å². The van der Waals surface area contributed by atoms with Crippen LogP contribution in [0, 0.1) is 0 Å². The molecule has 9 nitrogen and oxygen atoms in total. The van der Waals surface area contributed by atoms with Crippen LogP contribution in [0.3, 0.4) is 0 Å². The lowest BCUT2D eigenvalue weighted by atomic mass is 10.1. The highest BCUT2D eigenvalue weighted by Gasteiger charge is 2.32. The van der Waals surface area contributed by atoms with Crippen molar-refractivity contribution in [2.75, 3.05) is 19.0 Å². The van der Waals surface area contributed by atoms with Gasteiger partial charge in [0.05, 0.1) is 13.2 Å². The first-order chi connectivity index (χ1) is 18.8. The van der Waals surface area contributed by atoms with E-state index in [2.05, 4.69) is 30.1 Å². The minimum atomic E-state index is -4.72. The molecule has 1 amide bonds. The van der Waals surface area contributed by atoms with E-state index in [0.29, 0.717) is 41.0 Å². The number of aromatic nitrogens is 3. The highest BCUT2D eigenvalue weighted by atomic mass is 19.4. The second-order valence-electron chi connectivity index (χ2n) is 8.89. The Morgan fingerprint density at radius 1 is 1.08 bits per heavy atom. The molecule has 39 heavy (non-hydrogen) atoms. The van der Waals surface area contributed by atoms with Gasteiger partial charge in [-0.05, 0) is 73.5 Å². The molecule has 1 atom stereocenters. The number of pyridine rings is 1. The van der Waals surface area contributed by atoms with Crippen molar-refractivity contribution >= 4 is 11.7 Å². The van der Waals surface area contributed by atoms with E-state index in [-0.39, 0.29) is 17.7 Å². The quantitative estimate of drug-likeness (QED) is 0.308. The van der Waals surface area contributed by atoms with Gasteiger partial charge in [0.1, 0.15) is 17.3 Å². The zero-order valence-electron chi connectivity index (χ0n) is 20.8. The van der Waals surface area contributed by atoms with Crippen molar-refractivity contribution in [1.82, 2.24) is 20.0 Å². The number of nitrogens with one attached hydrogen (secondary N) is 1. The molecule has 2 aromatic carbocycles. The molecule has 3 heterocycles. The summed E-state index contributed by atoms with van der Waals surface area (Å²) in [5.41, 5.74) is 1.93. The predicted octanol–water partition coefficient (Wildman–Crippen LogP) is 5.63. The molecule has 4 aromatic rings. The Balaban J connectivity index is 1.21. The standard InChI is InChI=1S/C27H24F3N5O4/c1-37-20-11-6-18(7-12-20)25(36)32-23-13-8-19(15-31-23)24-33-26(39-34-24)22-3-2-14-35(22)16-17-4-9-21(10-5-17)38-27(28,29)30/h4-13,15,22H,2-3,14,16H2,1H3,(H,31,32,36)/t22-/m0/s1. The average molecular weight is 540 g/mol. The van der Waals surface area contributed by atoms with Gasteiger partial charge in [0.2, 0.25) is 11.7 Å². The molecular formula is C27H24F3N5O4. The Hall–Kier alpha value is -4.45. The maximum absolute atomic E-state index is 12.5. The van der Waals surface area contributed by atoms with Gasteiger partial charge in [-0.2, -0.15) is 4.98 Å². The van der Waals surface area contributed by atoms with E-state index in [1.165, 1.54) is 12.1 Å². The number of carbonyl (C=O) groups is 1. The zero-order chi connectivity index (χ0) is 27.4. The fourth-order valence-electron chi connectivity index (χ4n) is 4.34. The maximum atomic E-state index is 12.5. The van der Waals surface area contributed by atoms with Crippen LogP contribution >= 0.6 is 0 Å². The van der Waals surface area contributed by atoms with E-state index in [1.807, 2.05) is 0 Å². The van der Waals surface area contributed by atoms with Crippen LogP contribution in [0.15, 0.2) is 71.4 Å². The molecule has 0 saturated carbocycles. The summed E-state index contributed by atoms with van der Waals surface area (Å²) < 4.78 is 51.8. The van der Waals surface area contributed by atoms with Gasteiger partial charge in [-0.25, -0.2) is 4.98 Å². The highest BCUT2D eigenvalue weighted by molar-refractivity contribution is 6.03. The van der Waals surface area contributed by atoms with Crippen molar-refractivity contribution in [1.29, 1.82) is 0 Å². The third-order valence-corrected chi connectivity index (χ3v) is 6.25. The van der Waals surface area contributed by atoms with Gasteiger partial charge in [-0.3, -0.25) is 9.69 Å². The predicted molar refractivity (Wildman–Crippen MR) is 134 cm³/mol. The third-order valence-electron chi connectivity index (χ3n) is 6.25. The number of nitrogens with zero attached hydrogens (tertiary/aromatic N) is 4. The van der Waals surface area contributed by atoms with Gasteiger partial charge in [-0.15, -0.1) is 13.2 Å². The Morgan fingerprint density at radius 3 is 2.49 bits per heavy atom. The number of rotatable bonds is 8. The van der Waals surface area contributed by atoms with E-state index < -0.39 is 6.36 Å². The Labute approximate surface area is 221 Å². The number of amides is 1. The van der Waals surface area contributed by atoms with Crippen LogP contribution in [0.25, 0.3) is 11.4 Å². The van der Waals surface area contributed by atoms with Crippen molar-refractivity contribution in [3.05, 3.63) is 83.9 Å². The van der Waals surface area contributed by atoms with E-state index in [4.69, 9.17) is 9.26 Å². The number of ether oxygens (including phenoxy) is 2. The van der Waals surface area contributed by atoms with E-state index in [0.717, 1.165) is 24.9 Å². The molecule has 12 heteroatoms. The summed E-state index contributed by atoms with van der Waals surface area (Å²) in [6.07, 6.45) is -1.44. The van der Waals surface area contributed by atoms with Gasteiger partial charge in [-0.1, -0.05) is 17.3 Å². The SMILES string of the molecule is COc1ccc(C(=O)Nc2ccc(-c3noc([C@@H]4CCCN4Cc4ccc(OC(F)(F)F)cc4)n3)cn2)cc1. The van der Waals surface area contributed by atoms with Crippen LogP contribution in [0.5, 0.6) is 11.5 Å². The Bertz CT molecular complexity index is 1410. The second-order valence-corrected chi connectivity index (χ2v) is 8.89. The van der Waals surface area contributed by atoms with Crippen LogP contribution in [0.1, 0.15) is 40.7 Å². The number of methoxy groups -OCH3 is 1. The summed E-state index contributed by atoms with van der Waals surface area (Å²) in [6.45, 7) is 1.30. The third kappa shape index (κ3) is 6.52. The van der Waals surface area contributed by atoms with E-state index >= 15 is 0 Å². The first-order valence-corrected chi connectivity index (χ1v) is 12.1. The topological polar surface area (TPSA) is 103 Å². The van der Waals surface area contributed by atoms with Crippen molar-refractivity contribution in [2.24, 2.45) is 0 Å². The lowest BCUT2D eigenvalue weighted by Gasteiger charge is -2.21. The lowest BCUT2D eigenvalue weighted by molar-refractivity contribution is -0.274. The van der Waals surface area contributed by atoms with Gasteiger partial charge < -0.3 is 19.3 Å². The van der Waals surface area contributed by atoms with Crippen LogP contribution in [0.4, 0.5) is 19.0 Å².